The Bertz CT molecular complexity index is 417. The van der Waals surface area contributed by atoms with Crippen molar-refractivity contribution in [1.82, 2.24) is 14.7 Å². The third-order valence-electron chi connectivity index (χ3n) is 3.71. The minimum atomic E-state index is -1.01. The van der Waals surface area contributed by atoms with Gasteiger partial charge in [0.25, 0.3) is 0 Å². The number of hydrogen-bond donors (Lipinski definition) is 1. The quantitative estimate of drug-likeness (QED) is 0.884. The van der Waals surface area contributed by atoms with Crippen molar-refractivity contribution in [3.63, 3.8) is 0 Å². The fraction of sp³-hybridized carbons (Fsp3) is 0.786. The van der Waals surface area contributed by atoms with Crippen LogP contribution in [0, 0.1) is 5.41 Å². The molecule has 0 saturated heterocycles. The standard InChI is InChI=1S/C14H27N3O2/c1-13(2,3)14(4,18)12-11(19-7)10-15-17(12)9-8-16(5)6/h10,18H,8-9H2,1-7H3. The van der Waals surface area contributed by atoms with Crippen LogP contribution in [0.25, 0.3) is 0 Å². The monoisotopic (exact) mass is 269 g/mol. The van der Waals surface area contributed by atoms with E-state index in [0.29, 0.717) is 5.75 Å². The molecule has 0 aliphatic heterocycles. The van der Waals surface area contributed by atoms with Crippen LogP contribution < -0.4 is 4.74 Å². The second-order valence-electron chi connectivity index (χ2n) is 6.41. The molecule has 5 heteroatoms. The molecule has 1 unspecified atom stereocenters. The Kier molecular flexibility index (Phi) is 4.63. The first-order valence-corrected chi connectivity index (χ1v) is 6.58. The van der Waals surface area contributed by atoms with Gasteiger partial charge in [0.05, 0.1) is 19.9 Å². The fourth-order valence-electron chi connectivity index (χ4n) is 1.83. The molecule has 110 valence electrons. The van der Waals surface area contributed by atoms with Crippen LogP contribution >= 0.6 is 0 Å². The summed E-state index contributed by atoms with van der Waals surface area (Å²) in [6.07, 6.45) is 1.67. The van der Waals surface area contributed by atoms with E-state index >= 15 is 0 Å². The number of nitrogens with zero attached hydrogens (tertiary/aromatic N) is 3. The maximum Gasteiger partial charge on any atom is 0.162 e. The Morgan fingerprint density at radius 1 is 1.32 bits per heavy atom. The summed E-state index contributed by atoms with van der Waals surface area (Å²) < 4.78 is 7.19. The van der Waals surface area contributed by atoms with Crippen LogP contribution in [0.1, 0.15) is 33.4 Å². The molecule has 0 aliphatic rings. The Morgan fingerprint density at radius 2 is 1.89 bits per heavy atom. The lowest BCUT2D eigenvalue weighted by atomic mass is 9.75. The highest BCUT2D eigenvalue weighted by atomic mass is 16.5. The fourth-order valence-corrected chi connectivity index (χ4v) is 1.83. The van der Waals surface area contributed by atoms with Crippen LogP contribution in [0.4, 0.5) is 0 Å². The van der Waals surface area contributed by atoms with E-state index in [9.17, 15) is 5.11 Å². The van der Waals surface area contributed by atoms with E-state index in [2.05, 4.69) is 10.00 Å². The third kappa shape index (κ3) is 3.28. The van der Waals surface area contributed by atoms with Gasteiger partial charge in [0.2, 0.25) is 0 Å². The van der Waals surface area contributed by atoms with Crippen molar-refractivity contribution in [1.29, 1.82) is 0 Å². The highest BCUT2D eigenvalue weighted by Crippen LogP contribution is 2.42. The lowest BCUT2D eigenvalue weighted by Crippen LogP contribution is -2.39. The molecular weight excluding hydrogens is 242 g/mol. The molecule has 0 spiro atoms. The first-order valence-electron chi connectivity index (χ1n) is 6.58. The number of hydrogen-bond acceptors (Lipinski definition) is 4. The summed E-state index contributed by atoms with van der Waals surface area (Å²) in [4.78, 5) is 2.09. The maximum absolute atomic E-state index is 10.9. The van der Waals surface area contributed by atoms with Crippen LogP contribution in [0.2, 0.25) is 0 Å². The summed E-state index contributed by atoms with van der Waals surface area (Å²) in [5, 5.41) is 15.3. The average molecular weight is 269 g/mol. The van der Waals surface area contributed by atoms with Gasteiger partial charge in [0.15, 0.2) is 5.75 Å². The van der Waals surface area contributed by atoms with Gasteiger partial charge in [0.1, 0.15) is 11.3 Å². The summed E-state index contributed by atoms with van der Waals surface area (Å²) in [5.74, 6) is 0.638. The maximum atomic E-state index is 10.9. The molecule has 0 radical (unpaired) electrons. The van der Waals surface area contributed by atoms with Crippen molar-refractivity contribution in [3.05, 3.63) is 11.9 Å². The molecule has 0 aliphatic carbocycles. The van der Waals surface area contributed by atoms with Crippen LogP contribution in [0.3, 0.4) is 0 Å². The van der Waals surface area contributed by atoms with Crippen LogP contribution in [0.15, 0.2) is 6.20 Å². The third-order valence-corrected chi connectivity index (χ3v) is 3.71. The molecule has 0 saturated carbocycles. The summed E-state index contributed by atoms with van der Waals surface area (Å²) in [6, 6.07) is 0. The van der Waals surface area contributed by atoms with E-state index < -0.39 is 5.60 Å². The Hall–Kier alpha value is -1.07. The summed E-state index contributed by atoms with van der Waals surface area (Å²) in [6.45, 7) is 9.43. The molecule has 0 bridgehead atoms. The molecule has 0 aromatic carbocycles. The van der Waals surface area contributed by atoms with Crippen molar-refractivity contribution < 1.29 is 9.84 Å². The molecule has 19 heavy (non-hydrogen) atoms. The molecule has 0 fully saturated rings. The second kappa shape index (κ2) is 5.51. The average Bonchev–Trinajstić information content (AvgIpc) is 2.67. The molecule has 0 amide bonds. The summed E-state index contributed by atoms with van der Waals surface area (Å²) in [7, 11) is 5.64. The van der Waals surface area contributed by atoms with Gasteiger partial charge in [-0.15, -0.1) is 0 Å². The molecule has 1 N–H and O–H groups in total. The van der Waals surface area contributed by atoms with Gasteiger partial charge < -0.3 is 14.7 Å². The molecule has 5 nitrogen and oxygen atoms in total. The smallest absolute Gasteiger partial charge is 0.162 e. The van der Waals surface area contributed by atoms with Crippen LogP contribution in [-0.2, 0) is 12.1 Å². The Balaban J connectivity index is 3.19. The van der Waals surface area contributed by atoms with E-state index in [-0.39, 0.29) is 5.41 Å². The molecule has 1 atom stereocenters. The molecule has 1 aromatic rings. The number of rotatable bonds is 5. The molecule has 1 heterocycles. The van der Waals surface area contributed by atoms with Gasteiger partial charge in [0, 0.05) is 6.54 Å². The highest BCUT2D eigenvalue weighted by molar-refractivity contribution is 5.31. The van der Waals surface area contributed by atoms with Gasteiger partial charge in [-0.1, -0.05) is 20.8 Å². The largest absolute Gasteiger partial charge is 0.493 e. The topological polar surface area (TPSA) is 50.5 Å². The Labute approximate surface area is 116 Å². The van der Waals surface area contributed by atoms with Crippen molar-refractivity contribution in [3.8, 4) is 5.75 Å². The number of likely N-dealkylation sites (N-methyl/N-ethyl adjacent to an activating group) is 1. The normalized spacial score (nSPS) is 15.6. The van der Waals surface area contributed by atoms with Gasteiger partial charge in [-0.2, -0.15) is 5.10 Å². The zero-order chi connectivity index (χ0) is 14.8. The zero-order valence-corrected chi connectivity index (χ0v) is 13.2. The SMILES string of the molecule is COc1cnn(CCN(C)C)c1C(C)(O)C(C)(C)C. The number of aromatic nitrogens is 2. The lowest BCUT2D eigenvalue weighted by Gasteiger charge is -2.37. The first-order chi connectivity index (χ1) is 8.61. The van der Waals surface area contributed by atoms with Gasteiger partial charge in [-0.05, 0) is 26.4 Å². The summed E-state index contributed by atoms with van der Waals surface area (Å²) in [5.41, 5.74) is -0.582. The van der Waals surface area contributed by atoms with Crippen LogP contribution in [0.5, 0.6) is 5.75 Å². The van der Waals surface area contributed by atoms with Crippen LogP contribution in [-0.4, -0.2) is 47.5 Å². The van der Waals surface area contributed by atoms with Crippen molar-refractivity contribution in [2.24, 2.45) is 5.41 Å². The number of ether oxygens (including phenoxy) is 1. The van der Waals surface area contributed by atoms with E-state index in [4.69, 9.17) is 4.74 Å². The minimum absolute atomic E-state index is 0.309. The second-order valence-corrected chi connectivity index (χ2v) is 6.41. The highest BCUT2D eigenvalue weighted by Gasteiger charge is 2.42. The predicted octanol–water partition coefficient (Wildman–Crippen LogP) is 1.71. The van der Waals surface area contributed by atoms with E-state index in [1.165, 1.54) is 0 Å². The van der Waals surface area contributed by atoms with E-state index in [1.54, 1.807) is 13.3 Å². The summed E-state index contributed by atoms with van der Waals surface area (Å²) >= 11 is 0. The molecule has 1 aromatic heterocycles. The molecule has 1 rings (SSSR count). The van der Waals surface area contributed by atoms with Gasteiger partial charge in [-0.3, -0.25) is 4.68 Å². The lowest BCUT2D eigenvalue weighted by molar-refractivity contribution is -0.0559. The van der Waals surface area contributed by atoms with Crippen molar-refractivity contribution >= 4 is 0 Å². The van der Waals surface area contributed by atoms with Gasteiger partial charge in [-0.25, -0.2) is 0 Å². The van der Waals surface area contributed by atoms with E-state index in [1.807, 2.05) is 46.5 Å². The van der Waals surface area contributed by atoms with Crippen molar-refractivity contribution in [2.75, 3.05) is 27.7 Å². The van der Waals surface area contributed by atoms with E-state index in [0.717, 1.165) is 18.8 Å². The minimum Gasteiger partial charge on any atom is -0.493 e. The van der Waals surface area contributed by atoms with Gasteiger partial charge >= 0.3 is 0 Å². The predicted molar refractivity (Wildman–Crippen MR) is 76.4 cm³/mol. The Morgan fingerprint density at radius 3 is 2.32 bits per heavy atom. The number of methoxy groups -OCH3 is 1. The first kappa shape index (κ1) is 16.0. The molecular formula is C14H27N3O2. The van der Waals surface area contributed by atoms with Crippen molar-refractivity contribution in [2.45, 2.75) is 39.8 Å². The zero-order valence-electron chi connectivity index (χ0n) is 13.2. The number of aliphatic hydroxyl groups is 1.